The second-order valence-corrected chi connectivity index (χ2v) is 4.45. The van der Waals surface area contributed by atoms with E-state index in [4.69, 9.17) is 0 Å². The number of aromatic nitrogens is 2. The molecule has 0 radical (unpaired) electrons. The molecule has 17 heavy (non-hydrogen) atoms. The summed E-state index contributed by atoms with van der Waals surface area (Å²) in [6, 6.07) is 0. The highest BCUT2D eigenvalue weighted by Gasteiger charge is 2.19. The van der Waals surface area contributed by atoms with Crippen LogP contribution in [0.25, 0.3) is 0 Å². The molecule has 0 aliphatic carbocycles. The molecule has 5 nitrogen and oxygen atoms in total. The highest BCUT2D eigenvalue weighted by Crippen LogP contribution is 2.11. The maximum absolute atomic E-state index is 12.1. The third kappa shape index (κ3) is 3.06. The van der Waals surface area contributed by atoms with E-state index in [1.807, 2.05) is 22.7 Å². The van der Waals surface area contributed by atoms with E-state index in [-0.39, 0.29) is 5.91 Å². The van der Waals surface area contributed by atoms with Crippen LogP contribution in [0.5, 0.6) is 0 Å². The van der Waals surface area contributed by atoms with Crippen LogP contribution in [0.4, 0.5) is 0 Å². The summed E-state index contributed by atoms with van der Waals surface area (Å²) < 4.78 is 1.95. The maximum atomic E-state index is 12.1. The Morgan fingerprint density at radius 2 is 2.18 bits per heavy atom. The van der Waals surface area contributed by atoms with Gasteiger partial charge in [0.05, 0.1) is 6.33 Å². The zero-order valence-electron chi connectivity index (χ0n) is 10.4. The molecule has 0 saturated carbocycles. The molecule has 1 aliphatic rings. The fraction of sp³-hybridized carbons (Fsp3) is 0.667. The van der Waals surface area contributed by atoms with Crippen LogP contribution in [-0.4, -0.2) is 47.0 Å². The summed E-state index contributed by atoms with van der Waals surface area (Å²) in [6.07, 6.45) is 7.04. The lowest BCUT2D eigenvalue weighted by Gasteiger charge is -2.25. The van der Waals surface area contributed by atoms with Crippen molar-refractivity contribution in [3.63, 3.8) is 0 Å². The van der Waals surface area contributed by atoms with Crippen LogP contribution in [0.2, 0.25) is 0 Å². The van der Waals surface area contributed by atoms with E-state index in [9.17, 15) is 4.79 Å². The number of likely N-dealkylation sites (tertiary alicyclic amines) is 1. The quantitative estimate of drug-likeness (QED) is 0.838. The minimum atomic E-state index is 0.0768. The first-order valence-corrected chi connectivity index (χ1v) is 6.27. The molecule has 1 N–H and O–H groups in total. The fourth-order valence-corrected chi connectivity index (χ4v) is 2.09. The normalized spacial score (nSPS) is 16.2. The number of likely N-dealkylation sites (N-methyl/N-ethyl adjacent to an activating group) is 1. The largest absolute Gasteiger partial charge is 0.337 e. The second kappa shape index (κ2) is 5.82. The number of rotatable bonds is 4. The molecule has 5 heteroatoms. The Morgan fingerprint density at radius 1 is 1.41 bits per heavy atom. The molecule has 1 aliphatic heterocycles. The van der Waals surface area contributed by atoms with Gasteiger partial charge in [-0.1, -0.05) is 0 Å². The van der Waals surface area contributed by atoms with Gasteiger partial charge in [0.15, 0.2) is 0 Å². The number of carbonyl (C=O) groups excluding carboxylic acids is 1. The number of nitrogens with zero attached hydrogens (tertiary/aromatic N) is 3. The lowest BCUT2D eigenvalue weighted by Crippen LogP contribution is -2.35. The van der Waals surface area contributed by atoms with Gasteiger partial charge in [-0.05, 0) is 26.3 Å². The van der Waals surface area contributed by atoms with Crippen molar-refractivity contribution in [1.29, 1.82) is 0 Å². The average Bonchev–Trinajstić information content (AvgIpc) is 2.85. The topological polar surface area (TPSA) is 50.2 Å². The number of hydrogen-bond donors (Lipinski definition) is 1. The van der Waals surface area contributed by atoms with E-state index in [2.05, 4.69) is 10.3 Å². The summed E-state index contributed by atoms with van der Waals surface area (Å²) in [5, 5.41) is 3.07. The first-order valence-electron chi connectivity index (χ1n) is 6.27. The summed E-state index contributed by atoms with van der Waals surface area (Å²) in [6.45, 7) is 3.48. The number of piperidine rings is 1. The van der Waals surface area contributed by atoms with Crippen molar-refractivity contribution in [2.45, 2.75) is 25.8 Å². The molecule has 94 valence electrons. The zero-order valence-corrected chi connectivity index (χ0v) is 10.4. The Bertz CT molecular complexity index is 368. The van der Waals surface area contributed by atoms with Gasteiger partial charge in [-0.15, -0.1) is 0 Å². The zero-order chi connectivity index (χ0) is 12.1. The number of imidazole rings is 1. The minimum absolute atomic E-state index is 0.0768. The molecule has 2 rings (SSSR count). The first kappa shape index (κ1) is 12.1. The molecule has 0 bridgehead atoms. The van der Waals surface area contributed by atoms with Gasteiger partial charge in [-0.2, -0.15) is 0 Å². The summed E-state index contributed by atoms with van der Waals surface area (Å²) in [4.78, 5) is 18.2. The molecule has 0 atom stereocenters. The summed E-state index contributed by atoms with van der Waals surface area (Å²) in [5.74, 6) is 0.0768. The van der Waals surface area contributed by atoms with Gasteiger partial charge in [-0.3, -0.25) is 4.79 Å². The van der Waals surface area contributed by atoms with E-state index in [0.29, 0.717) is 5.69 Å². The number of nitrogens with one attached hydrogen (secondary N) is 1. The highest BCUT2D eigenvalue weighted by molar-refractivity contribution is 5.92. The lowest BCUT2D eigenvalue weighted by molar-refractivity contribution is 0.0719. The summed E-state index contributed by atoms with van der Waals surface area (Å²) in [5.41, 5.74) is 0.572. The van der Waals surface area contributed by atoms with Crippen molar-refractivity contribution in [2.24, 2.45) is 0 Å². The minimum Gasteiger partial charge on any atom is -0.337 e. The van der Waals surface area contributed by atoms with Gasteiger partial charge in [0.25, 0.3) is 5.91 Å². The third-order valence-corrected chi connectivity index (χ3v) is 3.12. The van der Waals surface area contributed by atoms with Crippen molar-refractivity contribution >= 4 is 5.91 Å². The predicted octanol–water partition coefficient (Wildman–Crippen LogP) is 0.729. The van der Waals surface area contributed by atoms with Gasteiger partial charge in [-0.25, -0.2) is 4.98 Å². The molecule has 1 amide bonds. The van der Waals surface area contributed by atoms with Crippen molar-refractivity contribution in [1.82, 2.24) is 19.8 Å². The monoisotopic (exact) mass is 236 g/mol. The molecule has 0 aromatic carbocycles. The Kier molecular flexibility index (Phi) is 4.14. The van der Waals surface area contributed by atoms with Crippen LogP contribution >= 0.6 is 0 Å². The second-order valence-electron chi connectivity index (χ2n) is 4.45. The van der Waals surface area contributed by atoms with Crippen LogP contribution in [0.15, 0.2) is 12.5 Å². The SMILES string of the molecule is CNCCn1cnc(C(=O)N2CCCCC2)c1. The smallest absolute Gasteiger partial charge is 0.274 e. The Labute approximate surface area is 102 Å². The van der Waals surface area contributed by atoms with Gasteiger partial charge in [0, 0.05) is 32.4 Å². The fourth-order valence-electron chi connectivity index (χ4n) is 2.09. The van der Waals surface area contributed by atoms with Crippen LogP contribution < -0.4 is 5.32 Å². The number of carbonyl (C=O) groups is 1. The Morgan fingerprint density at radius 3 is 2.88 bits per heavy atom. The molecular formula is C12H20N4O. The van der Waals surface area contributed by atoms with Gasteiger partial charge >= 0.3 is 0 Å². The molecule has 1 aromatic heterocycles. The van der Waals surface area contributed by atoms with Crippen molar-refractivity contribution < 1.29 is 4.79 Å². The Hall–Kier alpha value is -1.36. The van der Waals surface area contributed by atoms with Crippen molar-refractivity contribution in [3.8, 4) is 0 Å². The van der Waals surface area contributed by atoms with Crippen molar-refractivity contribution in [2.75, 3.05) is 26.7 Å². The summed E-state index contributed by atoms with van der Waals surface area (Å²) in [7, 11) is 1.91. The van der Waals surface area contributed by atoms with Gasteiger partial charge < -0.3 is 14.8 Å². The molecule has 0 spiro atoms. The maximum Gasteiger partial charge on any atom is 0.274 e. The van der Waals surface area contributed by atoms with Gasteiger partial charge in [0.1, 0.15) is 5.69 Å². The van der Waals surface area contributed by atoms with E-state index in [1.54, 1.807) is 6.33 Å². The standard InChI is InChI=1S/C12H20N4O/c1-13-5-8-15-9-11(14-10-15)12(17)16-6-3-2-4-7-16/h9-10,13H,2-8H2,1H3. The number of amides is 1. The predicted molar refractivity (Wildman–Crippen MR) is 65.9 cm³/mol. The van der Waals surface area contributed by atoms with Crippen LogP contribution in [0, 0.1) is 0 Å². The van der Waals surface area contributed by atoms with Crippen LogP contribution in [0.1, 0.15) is 29.8 Å². The molecular weight excluding hydrogens is 216 g/mol. The third-order valence-electron chi connectivity index (χ3n) is 3.12. The molecule has 1 aromatic rings. The first-order chi connectivity index (χ1) is 8.31. The Balaban J connectivity index is 1.96. The number of hydrogen-bond acceptors (Lipinski definition) is 3. The van der Waals surface area contributed by atoms with E-state index in [0.717, 1.165) is 39.0 Å². The van der Waals surface area contributed by atoms with E-state index in [1.165, 1.54) is 6.42 Å². The molecule has 1 fully saturated rings. The van der Waals surface area contributed by atoms with Crippen LogP contribution in [-0.2, 0) is 6.54 Å². The summed E-state index contributed by atoms with van der Waals surface area (Å²) >= 11 is 0. The van der Waals surface area contributed by atoms with E-state index < -0.39 is 0 Å². The van der Waals surface area contributed by atoms with E-state index >= 15 is 0 Å². The van der Waals surface area contributed by atoms with Crippen molar-refractivity contribution in [3.05, 3.63) is 18.2 Å². The van der Waals surface area contributed by atoms with Gasteiger partial charge in [0.2, 0.25) is 0 Å². The highest BCUT2D eigenvalue weighted by atomic mass is 16.2. The molecule has 0 unspecified atom stereocenters. The molecule has 1 saturated heterocycles. The molecule has 2 heterocycles. The average molecular weight is 236 g/mol. The van der Waals surface area contributed by atoms with Crippen LogP contribution in [0.3, 0.4) is 0 Å². The lowest BCUT2D eigenvalue weighted by atomic mass is 10.1.